The van der Waals surface area contributed by atoms with Gasteiger partial charge in [0.1, 0.15) is 0 Å². The Balaban J connectivity index is 5.50. The number of guanidine groups is 2. The van der Waals surface area contributed by atoms with Gasteiger partial charge in [-0.25, -0.2) is 10.4 Å². The van der Waals surface area contributed by atoms with Gasteiger partial charge in [0.15, 0.2) is 0 Å². The lowest BCUT2D eigenvalue weighted by Gasteiger charge is -2.40. The second kappa shape index (κ2) is 14.1. The summed E-state index contributed by atoms with van der Waals surface area (Å²) in [4.78, 5) is 7.05. The van der Waals surface area contributed by atoms with Crippen LogP contribution in [0.4, 0.5) is 0 Å². The first-order valence-electron chi connectivity index (χ1n) is 10.6. The standard InChI is InChI=1S/C20H44N5/c1-7-13-15-17-24(18-16-14-8-2)19(21)25(11-5,12-6)20(22-9-3)23-10-4/h21H,7-18H2,1-6H3,(H,22,23)/q+1. The number of aliphatic imine (C=N–C) groups is 1. The smallest absolute Gasteiger partial charge is 0.305 e. The van der Waals surface area contributed by atoms with Crippen molar-refractivity contribution in [2.45, 2.75) is 80.1 Å². The van der Waals surface area contributed by atoms with Crippen LogP contribution in [0.2, 0.25) is 0 Å². The van der Waals surface area contributed by atoms with Crippen LogP contribution in [-0.4, -0.2) is 60.6 Å². The molecule has 0 saturated heterocycles. The molecule has 0 radical (unpaired) electrons. The molecular weight excluding hydrogens is 310 g/mol. The van der Waals surface area contributed by atoms with Crippen LogP contribution in [0.3, 0.4) is 0 Å². The molecule has 0 heterocycles. The molecule has 148 valence electrons. The molecule has 5 nitrogen and oxygen atoms in total. The molecule has 0 aliphatic heterocycles. The summed E-state index contributed by atoms with van der Waals surface area (Å²) in [5.74, 6) is 1.67. The molecule has 2 N–H and O–H groups in total. The van der Waals surface area contributed by atoms with Crippen LogP contribution in [0.1, 0.15) is 80.1 Å². The second-order valence-electron chi connectivity index (χ2n) is 6.65. The zero-order valence-electron chi connectivity index (χ0n) is 17.8. The van der Waals surface area contributed by atoms with Crippen LogP contribution >= 0.6 is 0 Å². The van der Waals surface area contributed by atoms with E-state index < -0.39 is 0 Å². The van der Waals surface area contributed by atoms with Crippen molar-refractivity contribution in [3.05, 3.63) is 0 Å². The molecule has 0 fully saturated rings. The minimum atomic E-state index is 0.528. The molecule has 0 aliphatic rings. The molecule has 0 aromatic heterocycles. The molecule has 0 atom stereocenters. The highest BCUT2D eigenvalue weighted by Crippen LogP contribution is 2.15. The Hall–Kier alpha value is -1.10. The van der Waals surface area contributed by atoms with Gasteiger partial charge in [-0.15, -0.1) is 0 Å². The Morgan fingerprint density at radius 2 is 1.40 bits per heavy atom. The van der Waals surface area contributed by atoms with E-state index in [2.05, 4.69) is 51.8 Å². The highest BCUT2D eigenvalue weighted by molar-refractivity contribution is 5.87. The Kier molecular flexibility index (Phi) is 13.5. The SMILES string of the molecule is CCCCCN(CCCCC)C(=N)[N+](CC)(CC)C(=NCC)NCC. The molecule has 0 aliphatic carbocycles. The summed E-state index contributed by atoms with van der Waals surface area (Å²) >= 11 is 0. The van der Waals surface area contributed by atoms with Gasteiger partial charge in [-0.05, 0) is 40.5 Å². The minimum Gasteiger partial charge on any atom is -0.324 e. The van der Waals surface area contributed by atoms with E-state index in [0.29, 0.717) is 10.4 Å². The third-order valence-electron chi connectivity index (χ3n) is 4.90. The maximum absolute atomic E-state index is 9.09. The number of nitrogens with zero attached hydrogens (tertiary/aromatic N) is 3. The van der Waals surface area contributed by atoms with Crippen molar-refractivity contribution in [2.24, 2.45) is 4.99 Å². The predicted octanol–water partition coefficient (Wildman–Crippen LogP) is 4.45. The van der Waals surface area contributed by atoms with E-state index in [1.54, 1.807) is 0 Å². The van der Waals surface area contributed by atoms with E-state index in [1.807, 2.05) is 0 Å². The van der Waals surface area contributed by atoms with Gasteiger partial charge >= 0.3 is 11.9 Å². The van der Waals surface area contributed by atoms with Crippen LogP contribution in [0.15, 0.2) is 4.99 Å². The van der Waals surface area contributed by atoms with Crippen LogP contribution in [0, 0.1) is 5.41 Å². The number of rotatable bonds is 12. The van der Waals surface area contributed by atoms with Gasteiger partial charge in [0, 0.05) is 26.2 Å². The third-order valence-corrected chi connectivity index (χ3v) is 4.90. The Bertz CT molecular complexity index is 364. The normalized spacial score (nSPS) is 12.3. The summed E-state index contributed by atoms with van der Waals surface area (Å²) in [7, 11) is 0. The maximum atomic E-state index is 9.09. The molecule has 25 heavy (non-hydrogen) atoms. The highest BCUT2D eigenvalue weighted by atomic mass is 15.5. The lowest BCUT2D eigenvalue weighted by atomic mass is 10.2. The number of nitrogens with one attached hydrogen (secondary N) is 2. The van der Waals surface area contributed by atoms with Crippen LogP contribution < -0.4 is 5.32 Å². The van der Waals surface area contributed by atoms with Crippen LogP contribution in [0.25, 0.3) is 0 Å². The Morgan fingerprint density at radius 1 is 0.880 bits per heavy atom. The minimum absolute atomic E-state index is 0.528. The highest BCUT2D eigenvalue weighted by Gasteiger charge is 2.39. The summed E-state index contributed by atoms with van der Waals surface area (Å²) < 4.78 is 0.528. The molecule has 0 bridgehead atoms. The van der Waals surface area contributed by atoms with Crippen molar-refractivity contribution in [3.63, 3.8) is 0 Å². The lowest BCUT2D eigenvalue weighted by molar-refractivity contribution is -0.754. The van der Waals surface area contributed by atoms with Crippen molar-refractivity contribution in [1.29, 1.82) is 5.41 Å². The van der Waals surface area contributed by atoms with Gasteiger partial charge in [-0.2, -0.15) is 4.48 Å². The first kappa shape index (κ1) is 23.9. The average molecular weight is 355 g/mol. The van der Waals surface area contributed by atoms with E-state index in [-0.39, 0.29) is 0 Å². The van der Waals surface area contributed by atoms with Gasteiger partial charge in [0.05, 0.1) is 13.1 Å². The maximum Gasteiger partial charge on any atom is 0.305 e. The second-order valence-corrected chi connectivity index (χ2v) is 6.65. The topological polar surface area (TPSA) is 51.5 Å². The summed E-state index contributed by atoms with van der Waals surface area (Å²) in [5.41, 5.74) is 0. The van der Waals surface area contributed by atoms with Crippen molar-refractivity contribution in [2.75, 3.05) is 39.3 Å². The summed E-state index contributed by atoms with van der Waals surface area (Å²) in [5, 5.41) is 12.5. The van der Waals surface area contributed by atoms with Crippen molar-refractivity contribution in [3.8, 4) is 0 Å². The molecule has 0 saturated carbocycles. The van der Waals surface area contributed by atoms with Crippen molar-refractivity contribution in [1.82, 2.24) is 10.2 Å². The number of quaternary nitrogens is 1. The average Bonchev–Trinajstić information content (AvgIpc) is 2.62. The van der Waals surface area contributed by atoms with E-state index in [4.69, 9.17) is 10.4 Å². The first-order valence-corrected chi connectivity index (χ1v) is 10.6. The molecule has 0 spiro atoms. The zero-order chi connectivity index (χ0) is 19.1. The predicted molar refractivity (Wildman–Crippen MR) is 111 cm³/mol. The summed E-state index contributed by atoms with van der Waals surface area (Å²) in [6, 6.07) is 0. The summed E-state index contributed by atoms with van der Waals surface area (Å²) in [6.07, 6.45) is 7.24. The first-order chi connectivity index (χ1) is 12.1. The van der Waals surface area contributed by atoms with Gasteiger partial charge in [-0.1, -0.05) is 39.5 Å². The van der Waals surface area contributed by atoms with Gasteiger partial charge in [0.2, 0.25) is 0 Å². The zero-order valence-corrected chi connectivity index (χ0v) is 17.8. The molecular formula is C20H44N5+. The van der Waals surface area contributed by atoms with Gasteiger partial charge < -0.3 is 10.2 Å². The van der Waals surface area contributed by atoms with E-state index in [9.17, 15) is 0 Å². The molecule has 0 amide bonds. The van der Waals surface area contributed by atoms with Gasteiger partial charge in [-0.3, -0.25) is 0 Å². The molecule has 0 aromatic rings. The fourth-order valence-electron chi connectivity index (χ4n) is 3.27. The number of unbranched alkanes of at least 4 members (excludes halogenated alkanes) is 4. The molecule has 0 unspecified atom stereocenters. The largest absolute Gasteiger partial charge is 0.324 e. The van der Waals surface area contributed by atoms with Gasteiger partial charge in [0.25, 0.3) is 0 Å². The van der Waals surface area contributed by atoms with E-state index in [1.165, 1.54) is 38.5 Å². The quantitative estimate of drug-likeness (QED) is 0.235. The fourth-order valence-corrected chi connectivity index (χ4v) is 3.27. The lowest BCUT2D eigenvalue weighted by Crippen LogP contribution is -2.65. The third kappa shape index (κ3) is 7.35. The van der Waals surface area contributed by atoms with Crippen LogP contribution in [-0.2, 0) is 0 Å². The monoisotopic (exact) mass is 354 g/mol. The summed E-state index contributed by atoms with van der Waals surface area (Å²) in [6.45, 7) is 18.3. The van der Waals surface area contributed by atoms with E-state index in [0.717, 1.165) is 45.2 Å². The Labute approximate surface area is 157 Å². The number of hydrogen-bond donors (Lipinski definition) is 2. The molecule has 0 aromatic carbocycles. The van der Waals surface area contributed by atoms with Crippen molar-refractivity contribution < 1.29 is 4.48 Å². The van der Waals surface area contributed by atoms with Crippen molar-refractivity contribution >= 4 is 11.9 Å². The molecule has 5 heteroatoms. The van der Waals surface area contributed by atoms with Crippen LogP contribution in [0.5, 0.6) is 0 Å². The van der Waals surface area contributed by atoms with E-state index >= 15 is 0 Å². The number of hydrogen-bond acceptors (Lipinski definition) is 2. The fraction of sp³-hybridized carbons (Fsp3) is 0.900. The Morgan fingerprint density at radius 3 is 1.76 bits per heavy atom. The molecule has 0 rings (SSSR count).